The van der Waals surface area contributed by atoms with Crippen LogP contribution in [0.2, 0.25) is 0 Å². The van der Waals surface area contributed by atoms with Crippen molar-refractivity contribution in [1.29, 1.82) is 0 Å². The summed E-state index contributed by atoms with van der Waals surface area (Å²) in [5, 5.41) is 3.51. The van der Waals surface area contributed by atoms with Gasteiger partial charge in [-0.25, -0.2) is 0 Å². The highest BCUT2D eigenvalue weighted by molar-refractivity contribution is 14.0. The first-order chi connectivity index (χ1) is 12.3. The van der Waals surface area contributed by atoms with E-state index < -0.39 is 0 Å². The van der Waals surface area contributed by atoms with Crippen molar-refractivity contribution in [2.24, 2.45) is 10.9 Å². The van der Waals surface area contributed by atoms with Gasteiger partial charge in [0.25, 0.3) is 0 Å². The quantitative estimate of drug-likeness (QED) is 0.299. The molecule has 1 unspecified atom stereocenters. The Hall–Kier alpha value is -0.860. The molecule has 2 heterocycles. The van der Waals surface area contributed by atoms with Crippen molar-refractivity contribution < 1.29 is 4.74 Å². The number of nitrogens with zero attached hydrogens (tertiary/aromatic N) is 3. The van der Waals surface area contributed by atoms with Crippen molar-refractivity contribution in [3.05, 3.63) is 35.4 Å². The van der Waals surface area contributed by atoms with Crippen molar-refractivity contribution in [3.63, 3.8) is 0 Å². The lowest BCUT2D eigenvalue weighted by Crippen LogP contribution is -2.42. The van der Waals surface area contributed by atoms with Gasteiger partial charge >= 0.3 is 0 Å². The molecule has 1 saturated heterocycles. The average Bonchev–Trinajstić information content (AvgIpc) is 3.14. The van der Waals surface area contributed by atoms with Crippen LogP contribution in [-0.2, 0) is 17.7 Å². The third-order valence-electron chi connectivity index (χ3n) is 5.27. The fourth-order valence-electron chi connectivity index (χ4n) is 3.83. The van der Waals surface area contributed by atoms with Crippen LogP contribution in [0.1, 0.15) is 24.0 Å². The molecule has 1 fully saturated rings. The van der Waals surface area contributed by atoms with Crippen molar-refractivity contribution in [2.75, 3.05) is 53.5 Å². The molecule has 0 radical (unpaired) electrons. The molecule has 0 saturated carbocycles. The normalized spacial score (nSPS) is 20.4. The Kier molecular flexibility index (Phi) is 9.15. The molecule has 1 aromatic carbocycles. The minimum Gasteiger partial charge on any atom is -0.381 e. The molecule has 2 aliphatic heterocycles. The highest BCUT2D eigenvalue weighted by Crippen LogP contribution is 2.18. The minimum atomic E-state index is 0. The second-order valence-electron chi connectivity index (χ2n) is 7.23. The van der Waals surface area contributed by atoms with Gasteiger partial charge in [-0.15, -0.1) is 24.0 Å². The molecular formula is C20H33IN4O. The Labute approximate surface area is 175 Å². The monoisotopic (exact) mass is 472 g/mol. The Morgan fingerprint density at radius 2 is 2.15 bits per heavy atom. The van der Waals surface area contributed by atoms with Crippen LogP contribution in [0.15, 0.2) is 29.3 Å². The molecule has 1 aromatic rings. The smallest absolute Gasteiger partial charge is 0.193 e. The van der Waals surface area contributed by atoms with E-state index in [1.807, 2.05) is 7.05 Å². The summed E-state index contributed by atoms with van der Waals surface area (Å²) < 4.78 is 5.47. The summed E-state index contributed by atoms with van der Waals surface area (Å²) in [6.07, 6.45) is 3.48. The first-order valence-corrected chi connectivity index (χ1v) is 9.55. The Morgan fingerprint density at radius 3 is 2.88 bits per heavy atom. The maximum Gasteiger partial charge on any atom is 0.193 e. The Balaban J connectivity index is 0.00000243. The highest BCUT2D eigenvalue weighted by atomic mass is 127. The third kappa shape index (κ3) is 6.09. The average molecular weight is 472 g/mol. The topological polar surface area (TPSA) is 40.1 Å². The molecule has 0 spiro atoms. The molecule has 0 aliphatic carbocycles. The molecule has 1 N–H and O–H groups in total. The number of fused-ring (bicyclic) bond motifs is 1. The maximum absolute atomic E-state index is 5.47. The zero-order valence-electron chi connectivity index (χ0n) is 16.1. The van der Waals surface area contributed by atoms with Gasteiger partial charge in [0.1, 0.15) is 0 Å². The van der Waals surface area contributed by atoms with Crippen LogP contribution >= 0.6 is 24.0 Å². The number of rotatable bonds is 6. The summed E-state index contributed by atoms with van der Waals surface area (Å²) in [4.78, 5) is 9.22. The van der Waals surface area contributed by atoms with Crippen LogP contribution in [0.5, 0.6) is 0 Å². The SMILES string of the molecule is CN=C(NCCCN1CCc2ccccc2C1)N(C)CC1CCOC1.I. The van der Waals surface area contributed by atoms with Crippen LogP contribution in [0.4, 0.5) is 0 Å². The van der Waals surface area contributed by atoms with E-state index >= 15 is 0 Å². The minimum absolute atomic E-state index is 0. The van der Waals surface area contributed by atoms with Crippen molar-refractivity contribution in [2.45, 2.75) is 25.8 Å². The van der Waals surface area contributed by atoms with Gasteiger partial charge < -0.3 is 15.0 Å². The van der Waals surface area contributed by atoms with Crippen molar-refractivity contribution >= 4 is 29.9 Å². The van der Waals surface area contributed by atoms with E-state index in [1.165, 1.54) is 24.1 Å². The van der Waals surface area contributed by atoms with Gasteiger partial charge in [0.05, 0.1) is 6.61 Å². The van der Waals surface area contributed by atoms with Gasteiger partial charge in [-0.05, 0) is 30.4 Å². The van der Waals surface area contributed by atoms with Gasteiger partial charge in [-0.1, -0.05) is 24.3 Å². The van der Waals surface area contributed by atoms with E-state index in [0.29, 0.717) is 5.92 Å². The lowest BCUT2D eigenvalue weighted by molar-refractivity contribution is 0.181. The molecule has 5 nitrogen and oxygen atoms in total. The zero-order valence-corrected chi connectivity index (χ0v) is 18.4. The van der Waals surface area contributed by atoms with E-state index in [4.69, 9.17) is 4.74 Å². The number of aliphatic imine (C=N–C) groups is 1. The van der Waals surface area contributed by atoms with Crippen molar-refractivity contribution in [3.8, 4) is 0 Å². The van der Waals surface area contributed by atoms with E-state index in [2.05, 4.69) is 51.4 Å². The van der Waals surface area contributed by atoms with Gasteiger partial charge in [0.2, 0.25) is 0 Å². The zero-order chi connectivity index (χ0) is 17.5. The number of hydrogen-bond acceptors (Lipinski definition) is 3. The Bertz CT molecular complexity index is 575. The summed E-state index contributed by atoms with van der Waals surface area (Å²) in [5.74, 6) is 1.63. The number of ether oxygens (including phenoxy) is 1. The van der Waals surface area contributed by atoms with Crippen LogP contribution in [-0.4, -0.2) is 69.2 Å². The lowest BCUT2D eigenvalue weighted by atomic mass is 10.00. The number of benzene rings is 1. The predicted molar refractivity (Wildman–Crippen MR) is 118 cm³/mol. The summed E-state index contributed by atoms with van der Waals surface area (Å²) >= 11 is 0. The second-order valence-corrected chi connectivity index (χ2v) is 7.23. The van der Waals surface area contributed by atoms with Gasteiger partial charge in [-0.2, -0.15) is 0 Å². The number of nitrogens with one attached hydrogen (secondary N) is 1. The standard InChI is InChI=1S/C20H32N4O.HI/c1-21-20(23(2)14-17-9-13-25-16-17)22-10-5-11-24-12-8-18-6-3-4-7-19(18)15-24;/h3-4,6-7,17H,5,8-16H2,1-2H3,(H,21,22);1H. The molecule has 0 bridgehead atoms. The molecule has 0 aromatic heterocycles. The fraction of sp³-hybridized carbons (Fsp3) is 0.650. The van der Waals surface area contributed by atoms with Crippen LogP contribution < -0.4 is 5.32 Å². The Morgan fingerprint density at radius 1 is 1.35 bits per heavy atom. The van der Waals surface area contributed by atoms with Gasteiger partial charge in [-0.3, -0.25) is 9.89 Å². The molecule has 2 aliphatic rings. The third-order valence-corrected chi connectivity index (χ3v) is 5.27. The van der Waals surface area contributed by atoms with Crippen LogP contribution in [0.3, 0.4) is 0 Å². The largest absolute Gasteiger partial charge is 0.381 e. The first kappa shape index (κ1) is 21.4. The summed E-state index contributed by atoms with van der Waals surface area (Å²) in [5.41, 5.74) is 3.02. The molecule has 1 atom stereocenters. The molecule has 0 amide bonds. The molecule has 146 valence electrons. The number of hydrogen-bond donors (Lipinski definition) is 1. The fourth-order valence-corrected chi connectivity index (χ4v) is 3.83. The molecule has 26 heavy (non-hydrogen) atoms. The van der Waals surface area contributed by atoms with E-state index in [9.17, 15) is 0 Å². The molecular weight excluding hydrogens is 439 g/mol. The molecule has 3 rings (SSSR count). The maximum atomic E-state index is 5.47. The lowest BCUT2D eigenvalue weighted by Gasteiger charge is -2.29. The molecule has 6 heteroatoms. The van der Waals surface area contributed by atoms with Gasteiger partial charge in [0, 0.05) is 59.3 Å². The number of halogens is 1. The predicted octanol–water partition coefficient (Wildman–Crippen LogP) is 2.60. The van der Waals surface area contributed by atoms with E-state index in [1.54, 1.807) is 0 Å². The highest BCUT2D eigenvalue weighted by Gasteiger charge is 2.19. The van der Waals surface area contributed by atoms with E-state index in [-0.39, 0.29) is 24.0 Å². The van der Waals surface area contributed by atoms with E-state index in [0.717, 1.165) is 58.2 Å². The van der Waals surface area contributed by atoms with Crippen molar-refractivity contribution in [1.82, 2.24) is 15.1 Å². The van der Waals surface area contributed by atoms with Crippen LogP contribution in [0, 0.1) is 5.92 Å². The summed E-state index contributed by atoms with van der Waals surface area (Å²) in [6, 6.07) is 8.84. The number of guanidine groups is 1. The van der Waals surface area contributed by atoms with Crippen LogP contribution in [0.25, 0.3) is 0 Å². The summed E-state index contributed by atoms with van der Waals surface area (Å²) in [7, 11) is 3.99. The van der Waals surface area contributed by atoms with Gasteiger partial charge in [0.15, 0.2) is 5.96 Å². The summed E-state index contributed by atoms with van der Waals surface area (Å²) in [6.45, 7) is 7.18. The second kappa shape index (κ2) is 11.1. The first-order valence-electron chi connectivity index (χ1n) is 9.55.